The number of nitrogens with zero attached hydrogens (tertiary/aromatic N) is 3. The van der Waals surface area contributed by atoms with Crippen molar-refractivity contribution in [2.24, 2.45) is 5.92 Å². The van der Waals surface area contributed by atoms with Crippen molar-refractivity contribution in [3.63, 3.8) is 0 Å². The molecule has 0 aromatic heterocycles. The maximum atomic E-state index is 12.8. The summed E-state index contributed by atoms with van der Waals surface area (Å²) in [6.07, 6.45) is 0.469. The van der Waals surface area contributed by atoms with Gasteiger partial charge in [-0.2, -0.15) is 4.31 Å². The molecule has 2 aliphatic heterocycles. The van der Waals surface area contributed by atoms with Crippen LogP contribution in [0.2, 0.25) is 0 Å². The van der Waals surface area contributed by atoms with Crippen molar-refractivity contribution < 1.29 is 22.7 Å². The van der Waals surface area contributed by atoms with Crippen molar-refractivity contribution in [1.29, 1.82) is 0 Å². The number of methoxy groups -OCH3 is 1. The Hall–Kier alpha value is -3.11. The van der Waals surface area contributed by atoms with Crippen molar-refractivity contribution >= 4 is 33.2 Å². The first-order valence-corrected chi connectivity index (χ1v) is 13.9. The molecule has 36 heavy (non-hydrogen) atoms. The van der Waals surface area contributed by atoms with Gasteiger partial charge in [-0.25, -0.2) is 8.42 Å². The highest BCUT2D eigenvalue weighted by molar-refractivity contribution is 7.89. The number of aryl methyl sites for hydroxylation is 1. The number of rotatable bonds is 9. The highest BCUT2D eigenvalue weighted by atomic mass is 32.2. The van der Waals surface area contributed by atoms with Gasteiger partial charge in [-0.3, -0.25) is 9.59 Å². The zero-order valence-corrected chi connectivity index (χ0v) is 21.7. The summed E-state index contributed by atoms with van der Waals surface area (Å²) < 4.78 is 32.3. The average molecular weight is 515 g/mol. The number of ether oxygens (including phenoxy) is 1. The lowest BCUT2D eigenvalue weighted by Crippen LogP contribution is -2.49. The van der Waals surface area contributed by atoms with Gasteiger partial charge in [0, 0.05) is 57.1 Å². The normalized spacial score (nSPS) is 18.9. The molecule has 1 N–H and O–H groups in total. The standard InChI is InChI=1S/C26H34N4O5S/c1-20-5-3-6-23(17-20)28-12-14-29(15-13-28)36(33,34)16-4-11-27-26(32)21-18-25(31)30(19-21)22-7-9-24(35-2)10-8-22/h3,5-10,17,21H,4,11-16,18-19H2,1-2H3,(H,27,32). The summed E-state index contributed by atoms with van der Waals surface area (Å²) in [5.74, 6) is -0.0933. The highest BCUT2D eigenvalue weighted by Crippen LogP contribution is 2.27. The molecule has 0 bridgehead atoms. The zero-order chi connectivity index (χ0) is 25.7. The fraction of sp³-hybridized carbons (Fsp3) is 0.462. The number of piperazine rings is 1. The van der Waals surface area contributed by atoms with Crippen molar-refractivity contribution in [2.75, 3.05) is 61.9 Å². The van der Waals surface area contributed by atoms with Gasteiger partial charge >= 0.3 is 0 Å². The van der Waals surface area contributed by atoms with E-state index in [4.69, 9.17) is 4.74 Å². The maximum absolute atomic E-state index is 12.8. The molecule has 0 saturated carbocycles. The van der Waals surface area contributed by atoms with Crippen LogP contribution in [0.3, 0.4) is 0 Å². The molecule has 2 saturated heterocycles. The molecule has 2 aromatic rings. The quantitative estimate of drug-likeness (QED) is 0.514. The molecular formula is C26H34N4O5S. The Kier molecular flexibility index (Phi) is 8.15. The molecule has 2 aromatic carbocycles. The Balaban J connectivity index is 1.19. The van der Waals surface area contributed by atoms with Gasteiger partial charge in [-0.05, 0) is 55.3 Å². The molecule has 1 atom stereocenters. The Bertz CT molecular complexity index is 1180. The molecule has 0 spiro atoms. The zero-order valence-electron chi connectivity index (χ0n) is 20.9. The molecule has 0 radical (unpaired) electrons. The van der Waals surface area contributed by atoms with Gasteiger partial charge in [0.2, 0.25) is 21.8 Å². The fourth-order valence-electron chi connectivity index (χ4n) is 4.68. The summed E-state index contributed by atoms with van der Waals surface area (Å²) in [6.45, 7) is 4.82. The molecule has 9 nitrogen and oxygen atoms in total. The minimum Gasteiger partial charge on any atom is -0.497 e. The third-order valence-electron chi connectivity index (χ3n) is 6.76. The molecule has 2 fully saturated rings. The highest BCUT2D eigenvalue weighted by Gasteiger charge is 2.35. The van der Waals surface area contributed by atoms with Gasteiger partial charge in [-0.1, -0.05) is 12.1 Å². The Morgan fingerprint density at radius 1 is 1.06 bits per heavy atom. The number of amides is 2. The molecule has 2 heterocycles. The van der Waals surface area contributed by atoms with E-state index in [2.05, 4.69) is 16.3 Å². The van der Waals surface area contributed by atoms with Gasteiger partial charge < -0.3 is 19.9 Å². The summed E-state index contributed by atoms with van der Waals surface area (Å²) in [5.41, 5.74) is 3.02. The van der Waals surface area contributed by atoms with Crippen LogP contribution >= 0.6 is 0 Å². The third kappa shape index (κ3) is 6.17. The first kappa shape index (κ1) is 26.0. The lowest BCUT2D eigenvalue weighted by molar-refractivity contribution is -0.126. The number of carbonyl (C=O) groups excluding carboxylic acids is 2. The van der Waals surface area contributed by atoms with E-state index < -0.39 is 15.9 Å². The van der Waals surface area contributed by atoms with Crippen LogP contribution in [0, 0.1) is 12.8 Å². The summed E-state index contributed by atoms with van der Waals surface area (Å²) in [4.78, 5) is 28.9. The Morgan fingerprint density at radius 3 is 2.44 bits per heavy atom. The largest absolute Gasteiger partial charge is 0.497 e. The Morgan fingerprint density at radius 2 is 1.78 bits per heavy atom. The average Bonchev–Trinajstić information content (AvgIpc) is 3.28. The fourth-order valence-corrected chi connectivity index (χ4v) is 6.17. The van der Waals surface area contributed by atoms with Crippen molar-refractivity contribution in [3.8, 4) is 5.75 Å². The van der Waals surface area contributed by atoms with E-state index in [9.17, 15) is 18.0 Å². The second-order valence-electron chi connectivity index (χ2n) is 9.29. The van der Waals surface area contributed by atoms with Gasteiger partial charge in [0.1, 0.15) is 5.75 Å². The van der Waals surface area contributed by atoms with Gasteiger partial charge in [-0.15, -0.1) is 0 Å². The SMILES string of the molecule is COc1ccc(N2CC(C(=O)NCCCS(=O)(=O)N3CCN(c4cccc(C)c4)CC3)CC2=O)cc1. The van der Waals surface area contributed by atoms with E-state index >= 15 is 0 Å². The Labute approximate surface area is 213 Å². The summed E-state index contributed by atoms with van der Waals surface area (Å²) >= 11 is 0. The summed E-state index contributed by atoms with van der Waals surface area (Å²) in [6, 6.07) is 15.4. The second-order valence-corrected chi connectivity index (χ2v) is 11.4. The van der Waals surface area contributed by atoms with Crippen LogP contribution in [0.1, 0.15) is 18.4 Å². The van der Waals surface area contributed by atoms with Gasteiger partial charge in [0.25, 0.3) is 0 Å². The van der Waals surface area contributed by atoms with Crippen LogP contribution in [-0.4, -0.2) is 76.7 Å². The molecule has 10 heteroatoms. The lowest BCUT2D eigenvalue weighted by atomic mass is 10.1. The lowest BCUT2D eigenvalue weighted by Gasteiger charge is -2.35. The first-order valence-electron chi connectivity index (χ1n) is 12.3. The number of benzene rings is 2. The van der Waals surface area contributed by atoms with E-state index in [1.807, 2.05) is 25.1 Å². The number of anilines is 2. The molecule has 2 amide bonds. The van der Waals surface area contributed by atoms with Crippen molar-refractivity contribution in [1.82, 2.24) is 9.62 Å². The van der Waals surface area contributed by atoms with E-state index in [-0.39, 0.29) is 30.5 Å². The molecule has 4 rings (SSSR count). The van der Waals surface area contributed by atoms with Gasteiger partial charge in [0.05, 0.1) is 18.8 Å². The van der Waals surface area contributed by atoms with Crippen LogP contribution in [0.25, 0.3) is 0 Å². The van der Waals surface area contributed by atoms with Crippen LogP contribution in [0.5, 0.6) is 5.75 Å². The van der Waals surface area contributed by atoms with Crippen LogP contribution in [-0.2, 0) is 19.6 Å². The third-order valence-corrected chi connectivity index (χ3v) is 8.71. The molecule has 1 unspecified atom stereocenters. The van der Waals surface area contributed by atoms with Crippen molar-refractivity contribution in [3.05, 3.63) is 54.1 Å². The predicted octanol–water partition coefficient (Wildman–Crippen LogP) is 2.01. The van der Waals surface area contributed by atoms with Crippen molar-refractivity contribution in [2.45, 2.75) is 19.8 Å². The monoisotopic (exact) mass is 514 g/mol. The summed E-state index contributed by atoms with van der Waals surface area (Å²) in [7, 11) is -1.81. The smallest absolute Gasteiger partial charge is 0.227 e. The van der Waals surface area contributed by atoms with E-state index in [0.717, 1.165) is 11.4 Å². The number of carbonyl (C=O) groups is 2. The molecule has 2 aliphatic rings. The number of hydrogen-bond donors (Lipinski definition) is 1. The van der Waals surface area contributed by atoms with Crippen LogP contribution in [0.15, 0.2) is 48.5 Å². The van der Waals surface area contributed by atoms with E-state index in [1.54, 1.807) is 40.6 Å². The summed E-state index contributed by atoms with van der Waals surface area (Å²) in [5, 5.41) is 2.82. The first-order chi connectivity index (χ1) is 17.3. The molecule has 194 valence electrons. The number of nitrogens with one attached hydrogen (secondary N) is 1. The predicted molar refractivity (Wildman–Crippen MR) is 140 cm³/mol. The minimum absolute atomic E-state index is 0.0146. The van der Waals surface area contributed by atoms with Gasteiger partial charge in [0.15, 0.2) is 0 Å². The minimum atomic E-state index is -3.39. The van der Waals surface area contributed by atoms with Crippen LogP contribution in [0.4, 0.5) is 11.4 Å². The second kappa shape index (κ2) is 11.3. The maximum Gasteiger partial charge on any atom is 0.227 e. The topological polar surface area (TPSA) is 99.3 Å². The van der Waals surface area contributed by atoms with E-state index in [0.29, 0.717) is 44.9 Å². The number of hydrogen-bond acceptors (Lipinski definition) is 6. The molecular weight excluding hydrogens is 480 g/mol. The van der Waals surface area contributed by atoms with Crippen LogP contribution < -0.4 is 19.9 Å². The van der Waals surface area contributed by atoms with E-state index in [1.165, 1.54) is 5.56 Å². The number of sulfonamides is 1. The molecule has 0 aliphatic carbocycles.